The Bertz CT molecular complexity index is 860. The highest BCUT2D eigenvalue weighted by Gasteiger charge is 2.52. The third kappa shape index (κ3) is 3.67. The monoisotopic (exact) mass is 424 g/mol. The lowest BCUT2D eigenvalue weighted by Crippen LogP contribution is -2.52. The molecule has 27 heavy (non-hydrogen) atoms. The first-order valence-electron chi connectivity index (χ1n) is 10.1. The lowest BCUT2D eigenvalue weighted by molar-refractivity contribution is -0.899. The molecule has 2 aromatic rings. The summed E-state index contributed by atoms with van der Waals surface area (Å²) in [5, 5.41) is 0. The van der Waals surface area contributed by atoms with Crippen LogP contribution in [0.3, 0.4) is 0 Å². The Morgan fingerprint density at radius 1 is 1.00 bits per heavy atom. The van der Waals surface area contributed by atoms with Gasteiger partial charge in [0.15, 0.2) is 0 Å². The molecule has 1 saturated carbocycles. The minimum atomic E-state index is 0.523. The molecule has 0 aliphatic heterocycles. The molecule has 2 aromatic carbocycles. The summed E-state index contributed by atoms with van der Waals surface area (Å²) in [6.45, 7) is 7.19. The van der Waals surface area contributed by atoms with Crippen LogP contribution in [0, 0.1) is 17.3 Å². The topological polar surface area (TPSA) is 0 Å². The van der Waals surface area contributed by atoms with Crippen molar-refractivity contribution >= 4 is 15.9 Å². The van der Waals surface area contributed by atoms with E-state index in [-0.39, 0.29) is 0 Å². The van der Waals surface area contributed by atoms with Gasteiger partial charge in [0.05, 0.1) is 14.1 Å². The minimum absolute atomic E-state index is 0.523. The van der Waals surface area contributed by atoms with Gasteiger partial charge >= 0.3 is 0 Å². The van der Waals surface area contributed by atoms with Crippen LogP contribution in [-0.4, -0.2) is 25.1 Å². The van der Waals surface area contributed by atoms with Crippen LogP contribution in [0.1, 0.15) is 32.3 Å². The second-order valence-corrected chi connectivity index (χ2v) is 10.6. The van der Waals surface area contributed by atoms with E-state index >= 15 is 0 Å². The molecule has 0 saturated heterocycles. The average Bonchev–Trinajstić information content (AvgIpc) is 2.62. The summed E-state index contributed by atoms with van der Waals surface area (Å²) < 4.78 is 2.18. The van der Waals surface area contributed by atoms with Crippen LogP contribution in [0.25, 0.3) is 11.1 Å². The molecule has 5 rings (SSSR count). The molecule has 3 aliphatic carbocycles. The first-order chi connectivity index (χ1) is 12.8. The molecule has 2 atom stereocenters. The Labute approximate surface area is 172 Å². The van der Waals surface area contributed by atoms with Crippen molar-refractivity contribution in [1.29, 1.82) is 0 Å². The lowest BCUT2D eigenvalue weighted by Gasteiger charge is -2.57. The fourth-order valence-electron chi connectivity index (χ4n) is 5.19. The van der Waals surface area contributed by atoms with Gasteiger partial charge in [-0.05, 0) is 52.9 Å². The maximum atomic E-state index is 3.66. The highest BCUT2D eigenvalue weighted by molar-refractivity contribution is 9.10. The van der Waals surface area contributed by atoms with Gasteiger partial charge in [-0.15, -0.1) is 0 Å². The van der Waals surface area contributed by atoms with Crippen LogP contribution < -0.4 is 0 Å². The summed E-state index contributed by atoms with van der Waals surface area (Å²) in [7, 11) is 4.75. The summed E-state index contributed by atoms with van der Waals surface area (Å²) in [5.74, 6) is 1.73. The second-order valence-electron chi connectivity index (χ2n) is 9.75. The van der Waals surface area contributed by atoms with Crippen molar-refractivity contribution in [2.45, 2.75) is 33.2 Å². The number of nitrogens with zero attached hydrogens (tertiary/aromatic N) is 1. The first kappa shape index (κ1) is 19.0. The van der Waals surface area contributed by atoms with Gasteiger partial charge in [0.1, 0.15) is 13.1 Å². The van der Waals surface area contributed by atoms with Crippen molar-refractivity contribution in [3.8, 4) is 11.1 Å². The van der Waals surface area contributed by atoms with Gasteiger partial charge in [0.25, 0.3) is 0 Å². The average molecular weight is 425 g/mol. The largest absolute Gasteiger partial charge is 0.321 e. The van der Waals surface area contributed by atoms with E-state index in [1.165, 1.54) is 36.1 Å². The predicted molar refractivity (Wildman–Crippen MR) is 118 cm³/mol. The van der Waals surface area contributed by atoms with Gasteiger partial charge in [0, 0.05) is 10.0 Å². The molecule has 0 radical (unpaired) electrons. The van der Waals surface area contributed by atoms with Gasteiger partial charge < -0.3 is 4.48 Å². The number of hydrogen-bond acceptors (Lipinski definition) is 0. The van der Waals surface area contributed by atoms with Crippen molar-refractivity contribution < 1.29 is 4.48 Å². The van der Waals surface area contributed by atoms with Crippen LogP contribution in [0.2, 0.25) is 0 Å². The zero-order valence-electron chi connectivity index (χ0n) is 17.0. The van der Waals surface area contributed by atoms with E-state index in [4.69, 9.17) is 0 Å². The first-order valence-corrected chi connectivity index (χ1v) is 10.9. The molecule has 142 valence electrons. The number of benzene rings is 2. The fourth-order valence-corrected chi connectivity index (χ4v) is 5.70. The quantitative estimate of drug-likeness (QED) is 0.370. The van der Waals surface area contributed by atoms with Crippen LogP contribution in [-0.2, 0) is 6.54 Å². The predicted octanol–water partition coefficient (Wildman–Crippen LogP) is 6.68. The summed E-state index contributed by atoms with van der Waals surface area (Å²) in [4.78, 5) is 0. The second kappa shape index (κ2) is 6.90. The van der Waals surface area contributed by atoms with Gasteiger partial charge in [0.2, 0.25) is 0 Å². The molecule has 0 heterocycles. The summed E-state index contributed by atoms with van der Waals surface area (Å²) in [6.07, 6.45) is 5.26. The molecule has 0 aromatic heterocycles. The Morgan fingerprint density at radius 3 is 2.33 bits per heavy atom. The maximum Gasteiger partial charge on any atom is 0.104 e. The molecule has 0 N–H and O–H groups in total. The van der Waals surface area contributed by atoms with Crippen LogP contribution >= 0.6 is 15.9 Å². The van der Waals surface area contributed by atoms with E-state index in [1.54, 1.807) is 5.57 Å². The normalized spacial score (nSPS) is 23.5. The van der Waals surface area contributed by atoms with E-state index in [1.807, 2.05) is 0 Å². The van der Waals surface area contributed by atoms with Gasteiger partial charge in [-0.25, -0.2) is 0 Å². The summed E-state index contributed by atoms with van der Waals surface area (Å²) in [5.41, 5.74) is 6.17. The highest BCUT2D eigenvalue weighted by Crippen LogP contribution is 2.59. The van der Waals surface area contributed by atoms with Gasteiger partial charge in [-0.2, -0.15) is 0 Å². The smallest absolute Gasteiger partial charge is 0.104 e. The Balaban J connectivity index is 1.45. The lowest BCUT2D eigenvalue weighted by atomic mass is 9.49. The molecule has 0 spiro atoms. The summed E-state index contributed by atoms with van der Waals surface area (Å²) >= 11 is 3.66. The van der Waals surface area contributed by atoms with Crippen molar-refractivity contribution in [2.24, 2.45) is 17.3 Å². The molecule has 0 amide bonds. The molecule has 2 heteroatoms. The van der Waals surface area contributed by atoms with E-state index in [9.17, 15) is 0 Å². The highest BCUT2D eigenvalue weighted by atomic mass is 79.9. The number of fused-ring (bicyclic) bond motifs is 1. The molecule has 3 aliphatic rings. The van der Waals surface area contributed by atoms with Crippen molar-refractivity contribution in [2.75, 3.05) is 20.6 Å². The number of halogens is 1. The number of rotatable bonds is 5. The van der Waals surface area contributed by atoms with Crippen molar-refractivity contribution in [3.63, 3.8) is 0 Å². The number of allylic oxidation sites excluding steroid dienone is 1. The van der Waals surface area contributed by atoms with Crippen molar-refractivity contribution in [3.05, 3.63) is 70.2 Å². The molecular weight excluding hydrogens is 394 g/mol. The van der Waals surface area contributed by atoms with E-state index in [0.717, 1.165) is 27.3 Å². The Morgan fingerprint density at radius 2 is 1.70 bits per heavy atom. The SMILES string of the molecule is CC1(C)[C@H]2CC=C(C[N+](C)(C)Cc3ccc(-c4ccccc4Br)cc3)[C@@H]1C2. The van der Waals surface area contributed by atoms with Crippen LogP contribution in [0.5, 0.6) is 0 Å². The maximum absolute atomic E-state index is 3.66. The third-order valence-electron chi connectivity index (χ3n) is 6.94. The fraction of sp³-hybridized carbons (Fsp3) is 0.440. The minimum Gasteiger partial charge on any atom is -0.321 e. The van der Waals surface area contributed by atoms with E-state index in [2.05, 4.69) is 98.5 Å². The molecule has 0 unspecified atom stereocenters. The summed E-state index contributed by atoms with van der Waals surface area (Å²) in [6, 6.07) is 17.5. The van der Waals surface area contributed by atoms with Crippen LogP contribution in [0.15, 0.2) is 64.7 Å². The Hall–Kier alpha value is -1.38. The van der Waals surface area contributed by atoms with Gasteiger partial charge in [-0.1, -0.05) is 78.3 Å². The number of quaternary nitrogens is 1. The number of hydrogen-bond donors (Lipinski definition) is 0. The molecular formula is C25H31BrN+. The molecule has 1 nitrogen and oxygen atoms in total. The third-order valence-corrected chi connectivity index (χ3v) is 7.63. The molecule has 2 bridgehead atoms. The Kier molecular flexibility index (Phi) is 4.84. The molecule has 1 fully saturated rings. The van der Waals surface area contributed by atoms with Crippen LogP contribution in [0.4, 0.5) is 0 Å². The zero-order chi connectivity index (χ0) is 19.2. The standard InChI is InChI=1S/C25H31BrN/c1-25(2)21-14-13-20(23(25)15-21)17-27(3,4)16-18-9-11-19(12-10-18)22-7-5-6-8-24(22)26/h5-13,21,23H,14-17H2,1-4H3/q+1/t21-,23-/m0/s1. The van der Waals surface area contributed by atoms with Gasteiger partial charge in [-0.3, -0.25) is 0 Å². The number of likely N-dealkylation sites (N-methyl/N-ethyl adjacent to an activating group) is 1. The van der Waals surface area contributed by atoms with Crippen molar-refractivity contribution in [1.82, 2.24) is 0 Å². The van der Waals surface area contributed by atoms with E-state index in [0.29, 0.717) is 5.41 Å². The zero-order valence-corrected chi connectivity index (χ0v) is 18.6. The van der Waals surface area contributed by atoms with E-state index < -0.39 is 0 Å².